The summed E-state index contributed by atoms with van der Waals surface area (Å²) in [7, 11) is 1.53. The van der Waals surface area contributed by atoms with Crippen molar-refractivity contribution < 1.29 is 19.4 Å². The van der Waals surface area contributed by atoms with Crippen molar-refractivity contribution in [2.45, 2.75) is 32.1 Å². The summed E-state index contributed by atoms with van der Waals surface area (Å²) in [5.41, 5.74) is 1.92. The fourth-order valence-electron chi connectivity index (χ4n) is 2.59. The molecule has 1 N–H and O–H groups in total. The van der Waals surface area contributed by atoms with Gasteiger partial charge < -0.3 is 14.6 Å². The molecule has 0 bridgehead atoms. The molecule has 139 valence electrons. The highest BCUT2D eigenvalue weighted by Crippen LogP contribution is 2.36. The Labute approximate surface area is 161 Å². The number of halogens is 1. The van der Waals surface area contributed by atoms with Gasteiger partial charge in [0, 0.05) is 30.4 Å². The topological polar surface area (TPSA) is 55.8 Å². The zero-order valence-electron chi connectivity index (χ0n) is 15.3. The average Bonchev–Trinajstić information content (AvgIpc) is 3.13. The van der Waals surface area contributed by atoms with Crippen LogP contribution in [0.3, 0.4) is 0 Å². The number of alkyl halides is 1. The van der Waals surface area contributed by atoms with E-state index in [-0.39, 0.29) is 30.3 Å². The molecule has 26 heavy (non-hydrogen) atoms. The Bertz CT molecular complexity index is 644. The van der Waals surface area contributed by atoms with Gasteiger partial charge in [0.05, 0.1) is 5.56 Å². The van der Waals surface area contributed by atoms with Crippen LogP contribution in [0.1, 0.15) is 36.2 Å². The van der Waals surface area contributed by atoms with Gasteiger partial charge in [-0.25, -0.2) is 0 Å². The molecule has 1 aliphatic carbocycles. The van der Waals surface area contributed by atoms with Crippen LogP contribution < -0.4 is 4.74 Å². The second-order valence-corrected chi connectivity index (χ2v) is 6.81. The number of phenolic OH excluding ortho intramolecular Hbond substituents is 1. The maximum absolute atomic E-state index is 12.7. The number of carbonyl (C=O) groups excluding carboxylic acids is 1. The minimum Gasteiger partial charge on any atom is -0.507 e. The molecule has 1 unspecified atom stereocenters. The second-order valence-electron chi connectivity index (χ2n) is 6.29. The molecule has 0 spiro atoms. The lowest BCUT2D eigenvalue weighted by atomic mass is 9.94. The highest BCUT2D eigenvalue weighted by Gasteiger charge is 2.28. The van der Waals surface area contributed by atoms with E-state index in [2.05, 4.69) is 0 Å². The first-order valence-electron chi connectivity index (χ1n) is 8.42. The largest absolute Gasteiger partial charge is 0.507 e. The molecule has 0 heterocycles. The molecule has 0 amide bonds. The summed E-state index contributed by atoms with van der Waals surface area (Å²) in [5.74, 6) is 1.12. The molecule has 1 atom stereocenters. The van der Waals surface area contributed by atoms with Gasteiger partial charge in [-0.2, -0.15) is 0 Å². The number of ether oxygens (including phenoxy) is 2. The van der Waals surface area contributed by atoms with Crippen molar-refractivity contribution in [2.24, 2.45) is 0 Å². The summed E-state index contributed by atoms with van der Waals surface area (Å²) in [4.78, 5) is 12.7. The average molecular weight is 376 g/mol. The first kappa shape index (κ1) is 20.8. The first-order chi connectivity index (χ1) is 12.4. The van der Waals surface area contributed by atoms with Crippen molar-refractivity contribution in [3.8, 4) is 11.5 Å². The SMILES string of the molecule is COCOc1ccc(C(=O)CC(Cl)[C]2[CH][CH][CH][CH]2)c(O)c1CC=C(C)C. The van der Waals surface area contributed by atoms with Gasteiger partial charge in [-0.15, -0.1) is 11.6 Å². The van der Waals surface area contributed by atoms with Crippen LogP contribution >= 0.6 is 11.6 Å². The van der Waals surface area contributed by atoms with E-state index in [9.17, 15) is 9.90 Å². The van der Waals surface area contributed by atoms with Crippen molar-refractivity contribution in [3.63, 3.8) is 0 Å². The number of benzene rings is 1. The Kier molecular flexibility index (Phi) is 7.98. The van der Waals surface area contributed by atoms with Crippen molar-refractivity contribution >= 4 is 17.4 Å². The molecule has 0 aliphatic heterocycles. The molecule has 1 aromatic rings. The normalized spacial score (nSPS) is 15.7. The van der Waals surface area contributed by atoms with Gasteiger partial charge in [-0.3, -0.25) is 4.79 Å². The van der Waals surface area contributed by atoms with Crippen LogP contribution in [-0.4, -0.2) is 30.2 Å². The first-order valence-corrected chi connectivity index (χ1v) is 8.86. The monoisotopic (exact) mass is 375 g/mol. The fourth-order valence-corrected chi connectivity index (χ4v) is 2.88. The van der Waals surface area contributed by atoms with E-state index in [4.69, 9.17) is 21.1 Å². The van der Waals surface area contributed by atoms with E-state index >= 15 is 0 Å². The Balaban J connectivity index is 2.22. The van der Waals surface area contributed by atoms with Gasteiger partial charge in [0.2, 0.25) is 0 Å². The third kappa shape index (κ3) is 5.49. The maximum Gasteiger partial charge on any atom is 0.188 e. The number of allylic oxidation sites excluding steroid dienone is 2. The van der Waals surface area contributed by atoms with Gasteiger partial charge in [-0.05, 0) is 58.1 Å². The van der Waals surface area contributed by atoms with E-state index in [1.54, 1.807) is 12.1 Å². The Morgan fingerprint density at radius 1 is 1.27 bits per heavy atom. The number of phenols is 1. The zero-order valence-corrected chi connectivity index (χ0v) is 16.0. The minimum absolute atomic E-state index is 0.0625. The number of Topliss-reactive ketones (excluding diaryl/α,β-unsaturated/α-hetero) is 1. The number of aromatic hydroxyl groups is 1. The lowest BCUT2D eigenvalue weighted by Gasteiger charge is -2.17. The predicted molar refractivity (Wildman–Crippen MR) is 103 cm³/mol. The standard InChI is InChI=1S/C21H24ClO4/c1-14(2)8-9-17-20(26-13-25-3)11-10-16(21(17)24)19(23)12-18(22)15-6-4-5-7-15/h4-8,10-11,18,24H,9,12-13H2,1-3H3. The molecule has 1 aliphatic rings. The van der Waals surface area contributed by atoms with Crippen molar-refractivity contribution in [3.05, 3.63) is 66.5 Å². The maximum atomic E-state index is 12.7. The van der Waals surface area contributed by atoms with Crippen molar-refractivity contribution in [2.75, 3.05) is 13.9 Å². The van der Waals surface area contributed by atoms with Crippen LogP contribution in [0.25, 0.3) is 0 Å². The smallest absolute Gasteiger partial charge is 0.188 e. The van der Waals surface area contributed by atoms with E-state index in [0.717, 1.165) is 11.5 Å². The molecular formula is C21H24ClO4. The Hall–Kier alpha value is -1.52. The quantitative estimate of drug-likeness (QED) is 0.299. The molecule has 1 saturated carbocycles. The van der Waals surface area contributed by atoms with Crippen LogP contribution in [-0.2, 0) is 11.2 Å². The molecule has 4 nitrogen and oxygen atoms in total. The Morgan fingerprint density at radius 2 is 1.96 bits per heavy atom. The third-order valence-corrected chi connectivity index (χ3v) is 4.41. The number of carbonyl (C=O) groups is 1. The van der Waals surface area contributed by atoms with E-state index in [1.807, 2.05) is 45.6 Å². The lowest BCUT2D eigenvalue weighted by Crippen LogP contribution is -2.16. The number of hydrogen-bond donors (Lipinski definition) is 1. The zero-order chi connectivity index (χ0) is 19.1. The van der Waals surface area contributed by atoms with Crippen LogP contribution in [0.5, 0.6) is 11.5 Å². The number of methoxy groups -OCH3 is 1. The summed E-state index contributed by atoms with van der Waals surface area (Å²) >= 11 is 6.33. The highest BCUT2D eigenvalue weighted by molar-refractivity contribution is 6.24. The number of hydrogen-bond acceptors (Lipinski definition) is 4. The second kappa shape index (κ2) is 9.98. The molecule has 1 aromatic carbocycles. The molecule has 1 fully saturated rings. The molecule has 5 heteroatoms. The third-order valence-electron chi connectivity index (χ3n) is 4.00. The number of rotatable bonds is 9. The molecule has 0 saturated heterocycles. The predicted octanol–water partition coefficient (Wildman–Crippen LogP) is 4.47. The van der Waals surface area contributed by atoms with E-state index in [1.165, 1.54) is 7.11 Å². The summed E-state index contributed by atoms with van der Waals surface area (Å²) in [5, 5.41) is 10.3. The van der Waals surface area contributed by atoms with Crippen LogP contribution in [0, 0.1) is 31.6 Å². The Morgan fingerprint density at radius 3 is 2.58 bits per heavy atom. The lowest BCUT2D eigenvalue weighted by molar-refractivity contribution is 0.0503. The molecule has 5 radical (unpaired) electrons. The summed E-state index contributed by atoms with van der Waals surface area (Å²) in [6, 6.07) is 3.26. The van der Waals surface area contributed by atoms with E-state index in [0.29, 0.717) is 17.7 Å². The van der Waals surface area contributed by atoms with Gasteiger partial charge in [0.15, 0.2) is 12.6 Å². The van der Waals surface area contributed by atoms with Crippen LogP contribution in [0.15, 0.2) is 23.8 Å². The molecular weight excluding hydrogens is 352 g/mol. The van der Waals surface area contributed by atoms with Gasteiger partial charge in [0.25, 0.3) is 0 Å². The van der Waals surface area contributed by atoms with Crippen molar-refractivity contribution in [1.82, 2.24) is 0 Å². The van der Waals surface area contributed by atoms with Gasteiger partial charge in [-0.1, -0.05) is 11.6 Å². The summed E-state index contributed by atoms with van der Waals surface area (Å²) < 4.78 is 10.5. The van der Waals surface area contributed by atoms with Gasteiger partial charge in [0.1, 0.15) is 11.5 Å². The molecule has 0 aromatic heterocycles. The van der Waals surface area contributed by atoms with Crippen LogP contribution in [0.4, 0.5) is 0 Å². The number of ketones is 1. The summed E-state index contributed by atoms with van der Waals surface area (Å²) in [6.45, 7) is 4.01. The molecule has 2 rings (SSSR count). The van der Waals surface area contributed by atoms with Crippen LogP contribution in [0.2, 0.25) is 0 Å². The van der Waals surface area contributed by atoms with Crippen molar-refractivity contribution in [1.29, 1.82) is 0 Å². The summed E-state index contributed by atoms with van der Waals surface area (Å²) in [6.07, 6.45) is 10.1. The van der Waals surface area contributed by atoms with E-state index < -0.39 is 5.38 Å². The van der Waals surface area contributed by atoms with Gasteiger partial charge >= 0.3 is 0 Å². The highest BCUT2D eigenvalue weighted by atomic mass is 35.5. The fraction of sp³-hybridized carbons (Fsp3) is 0.333. The minimum atomic E-state index is -0.428.